The fourth-order valence-corrected chi connectivity index (χ4v) is 5.19. The van der Waals surface area contributed by atoms with E-state index in [1.807, 2.05) is 39.0 Å². The van der Waals surface area contributed by atoms with E-state index in [-0.39, 0.29) is 0 Å². The van der Waals surface area contributed by atoms with Crippen LogP contribution in [-0.2, 0) is 11.3 Å². The molecule has 4 aromatic rings. The first-order valence-electron chi connectivity index (χ1n) is 13.2. The topological polar surface area (TPSA) is 53.4 Å². The number of imidazole rings is 1. The van der Waals surface area contributed by atoms with Crippen LogP contribution in [0.5, 0.6) is 5.75 Å². The molecule has 1 aliphatic carbocycles. The minimum Gasteiger partial charge on any atom is -0.428 e. The van der Waals surface area contributed by atoms with Crippen molar-refractivity contribution in [3.05, 3.63) is 83.2 Å². The first kappa shape index (κ1) is 25.1. The van der Waals surface area contributed by atoms with Crippen molar-refractivity contribution in [1.29, 1.82) is 0 Å². The Labute approximate surface area is 219 Å². The summed E-state index contributed by atoms with van der Waals surface area (Å²) < 4.78 is 13.3. The molecular weight excluding hydrogens is 460 g/mol. The van der Waals surface area contributed by atoms with Gasteiger partial charge < -0.3 is 14.0 Å². The average molecular weight is 497 g/mol. The van der Waals surface area contributed by atoms with Crippen molar-refractivity contribution >= 4 is 17.2 Å². The number of nitrogens with zero attached hydrogens (tertiary/aromatic N) is 2. The molecule has 1 fully saturated rings. The van der Waals surface area contributed by atoms with Crippen molar-refractivity contribution in [2.75, 3.05) is 0 Å². The van der Waals surface area contributed by atoms with E-state index in [2.05, 4.69) is 54.8 Å². The van der Waals surface area contributed by atoms with Gasteiger partial charge in [-0.2, -0.15) is 0 Å². The Kier molecular flexibility index (Phi) is 6.80. The number of fused-ring (bicyclic) bond motifs is 1. The molecule has 192 valence electrons. The quantitative estimate of drug-likeness (QED) is 0.206. The van der Waals surface area contributed by atoms with Gasteiger partial charge in [-0.05, 0) is 87.9 Å². The van der Waals surface area contributed by atoms with Crippen LogP contribution in [0.1, 0.15) is 74.9 Å². The number of aromatic nitrogens is 2. The van der Waals surface area contributed by atoms with Gasteiger partial charge in [-0.15, -0.1) is 0 Å². The van der Waals surface area contributed by atoms with Crippen molar-refractivity contribution in [1.82, 2.24) is 9.55 Å². The van der Waals surface area contributed by atoms with E-state index in [1.54, 1.807) is 6.07 Å². The largest absolute Gasteiger partial charge is 0.514 e. The van der Waals surface area contributed by atoms with Gasteiger partial charge in [0.15, 0.2) is 0 Å². The maximum absolute atomic E-state index is 12.3. The number of carbonyl (C=O) groups excluding carboxylic acids is 1. The molecule has 1 aromatic heterocycles. The third kappa shape index (κ3) is 5.56. The summed E-state index contributed by atoms with van der Waals surface area (Å²) in [5.74, 6) is 2.24. The molecule has 0 unspecified atom stereocenters. The SMILES string of the molecule is Cc1cc2nc(C3CCCC3)n(Cc3ccc(-c4ccccc4OC(=O)OC(C)(C)C)cc3)c2cc1C. The summed E-state index contributed by atoms with van der Waals surface area (Å²) >= 11 is 0. The van der Waals surface area contributed by atoms with Gasteiger partial charge in [0.2, 0.25) is 0 Å². The Morgan fingerprint density at radius 2 is 1.65 bits per heavy atom. The van der Waals surface area contributed by atoms with Gasteiger partial charge in [0.1, 0.15) is 17.2 Å². The summed E-state index contributed by atoms with van der Waals surface area (Å²) in [6, 6.07) is 20.6. The Balaban J connectivity index is 1.43. The fraction of sp³-hybridized carbons (Fsp3) is 0.375. The van der Waals surface area contributed by atoms with Crippen molar-refractivity contribution in [3.63, 3.8) is 0 Å². The van der Waals surface area contributed by atoms with Gasteiger partial charge in [-0.1, -0.05) is 55.3 Å². The second-order valence-electron chi connectivity index (χ2n) is 11.2. The molecule has 37 heavy (non-hydrogen) atoms. The smallest absolute Gasteiger partial charge is 0.428 e. The van der Waals surface area contributed by atoms with Gasteiger partial charge in [-0.3, -0.25) is 0 Å². The minimum absolute atomic E-state index is 0.486. The number of ether oxygens (including phenoxy) is 2. The van der Waals surface area contributed by atoms with Crippen LogP contribution in [0.15, 0.2) is 60.7 Å². The highest BCUT2D eigenvalue weighted by Crippen LogP contribution is 2.36. The second kappa shape index (κ2) is 10.0. The van der Waals surface area contributed by atoms with Crippen LogP contribution >= 0.6 is 0 Å². The molecular formula is C32H36N2O3. The monoisotopic (exact) mass is 496 g/mol. The Morgan fingerprint density at radius 1 is 0.973 bits per heavy atom. The first-order valence-corrected chi connectivity index (χ1v) is 13.2. The predicted octanol–water partition coefficient (Wildman–Crippen LogP) is 8.34. The minimum atomic E-state index is -0.700. The molecule has 5 heteroatoms. The zero-order valence-corrected chi connectivity index (χ0v) is 22.5. The number of carbonyl (C=O) groups is 1. The van der Waals surface area contributed by atoms with Crippen LogP contribution in [0.25, 0.3) is 22.2 Å². The number of aryl methyl sites for hydroxylation is 2. The van der Waals surface area contributed by atoms with Gasteiger partial charge in [0.25, 0.3) is 0 Å². The lowest BCUT2D eigenvalue weighted by Gasteiger charge is -2.19. The lowest BCUT2D eigenvalue weighted by Crippen LogP contribution is -2.26. The van der Waals surface area contributed by atoms with Crippen LogP contribution in [0, 0.1) is 13.8 Å². The molecule has 0 amide bonds. The molecule has 0 atom stereocenters. The second-order valence-corrected chi connectivity index (χ2v) is 11.2. The fourth-order valence-electron chi connectivity index (χ4n) is 5.19. The molecule has 5 nitrogen and oxygen atoms in total. The molecule has 0 saturated heterocycles. The van der Waals surface area contributed by atoms with Gasteiger partial charge in [0.05, 0.1) is 11.0 Å². The van der Waals surface area contributed by atoms with Gasteiger partial charge in [-0.25, -0.2) is 9.78 Å². The third-order valence-corrected chi connectivity index (χ3v) is 7.19. The standard InChI is InChI=1S/C32H36N2O3/c1-21-18-27-28(19-22(21)2)34(30(33-27)25-10-6-7-11-25)20-23-14-16-24(17-15-23)26-12-8-9-13-29(26)36-31(35)37-32(3,4)5/h8-9,12-19,25H,6-7,10-11,20H2,1-5H3. The van der Waals surface area contributed by atoms with Crippen LogP contribution in [0.3, 0.4) is 0 Å². The molecule has 1 heterocycles. The third-order valence-electron chi connectivity index (χ3n) is 7.19. The maximum atomic E-state index is 12.3. The van der Waals surface area contributed by atoms with E-state index in [4.69, 9.17) is 14.5 Å². The molecule has 0 bridgehead atoms. The molecule has 0 N–H and O–H groups in total. The highest BCUT2D eigenvalue weighted by Gasteiger charge is 2.24. The van der Waals surface area contributed by atoms with Crippen LogP contribution in [-0.4, -0.2) is 21.3 Å². The van der Waals surface area contributed by atoms with Crippen molar-refractivity contribution < 1.29 is 14.3 Å². The molecule has 5 rings (SSSR count). The Morgan fingerprint density at radius 3 is 2.35 bits per heavy atom. The number of hydrogen-bond acceptors (Lipinski definition) is 4. The van der Waals surface area contributed by atoms with E-state index in [0.29, 0.717) is 11.7 Å². The average Bonchev–Trinajstić information content (AvgIpc) is 3.48. The van der Waals surface area contributed by atoms with E-state index in [9.17, 15) is 4.79 Å². The van der Waals surface area contributed by atoms with Gasteiger partial charge >= 0.3 is 6.16 Å². The summed E-state index contributed by atoms with van der Waals surface area (Å²) in [6.45, 7) is 10.6. The van der Waals surface area contributed by atoms with E-state index < -0.39 is 11.8 Å². The molecule has 0 radical (unpaired) electrons. The van der Waals surface area contributed by atoms with E-state index >= 15 is 0 Å². The molecule has 3 aromatic carbocycles. The lowest BCUT2D eigenvalue weighted by molar-refractivity contribution is 0.0207. The summed E-state index contributed by atoms with van der Waals surface area (Å²) in [6.07, 6.45) is 4.30. The molecule has 0 spiro atoms. The maximum Gasteiger partial charge on any atom is 0.514 e. The zero-order valence-electron chi connectivity index (χ0n) is 22.5. The molecule has 1 aliphatic rings. The Bertz CT molecular complexity index is 1420. The summed E-state index contributed by atoms with van der Waals surface area (Å²) in [4.78, 5) is 17.4. The Hall–Kier alpha value is -3.60. The van der Waals surface area contributed by atoms with Crippen molar-refractivity contribution in [2.45, 2.75) is 78.4 Å². The number of hydrogen-bond donors (Lipinski definition) is 0. The zero-order chi connectivity index (χ0) is 26.2. The van der Waals surface area contributed by atoms with Crippen LogP contribution in [0.2, 0.25) is 0 Å². The summed E-state index contributed by atoms with van der Waals surface area (Å²) in [5.41, 5.74) is 7.33. The van der Waals surface area contributed by atoms with Crippen LogP contribution in [0.4, 0.5) is 4.79 Å². The molecule has 1 saturated carbocycles. The number of rotatable bonds is 5. The predicted molar refractivity (Wildman–Crippen MR) is 148 cm³/mol. The highest BCUT2D eigenvalue weighted by atomic mass is 16.7. The van der Waals surface area contributed by atoms with E-state index in [0.717, 1.165) is 23.2 Å². The molecule has 0 aliphatic heterocycles. The van der Waals surface area contributed by atoms with Crippen molar-refractivity contribution in [2.24, 2.45) is 0 Å². The highest BCUT2D eigenvalue weighted by molar-refractivity contribution is 5.79. The van der Waals surface area contributed by atoms with E-state index in [1.165, 1.54) is 53.7 Å². The van der Waals surface area contributed by atoms with Gasteiger partial charge in [0, 0.05) is 18.0 Å². The number of para-hydroxylation sites is 1. The number of benzene rings is 3. The summed E-state index contributed by atoms with van der Waals surface area (Å²) in [7, 11) is 0. The van der Waals surface area contributed by atoms with Crippen molar-refractivity contribution in [3.8, 4) is 16.9 Å². The van der Waals surface area contributed by atoms with Crippen LogP contribution < -0.4 is 4.74 Å². The lowest BCUT2D eigenvalue weighted by atomic mass is 10.0. The summed E-state index contributed by atoms with van der Waals surface area (Å²) in [5, 5.41) is 0. The normalized spacial score (nSPS) is 14.3. The first-order chi connectivity index (χ1) is 17.7.